The molecule has 17 heavy (non-hydrogen) atoms. The van der Waals surface area contributed by atoms with Gasteiger partial charge in [-0.2, -0.15) is 0 Å². The van der Waals surface area contributed by atoms with Crippen LogP contribution in [0.25, 0.3) is 0 Å². The van der Waals surface area contributed by atoms with Gasteiger partial charge in [0.25, 0.3) is 0 Å². The van der Waals surface area contributed by atoms with Gasteiger partial charge in [0.2, 0.25) is 5.91 Å². The van der Waals surface area contributed by atoms with Gasteiger partial charge >= 0.3 is 0 Å². The molecule has 0 aliphatic carbocycles. The van der Waals surface area contributed by atoms with E-state index in [2.05, 4.69) is 10.6 Å². The fraction of sp³-hybridized carbons (Fsp3) is 0.462. The summed E-state index contributed by atoms with van der Waals surface area (Å²) >= 11 is 0. The molecule has 0 aromatic heterocycles. The van der Waals surface area contributed by atoms with Gasteiger partial charge in [-0.3, -0.25) is 4.79 Å². The van der Waals surface area contributed by atoms with Crippen molar-refractivity contribution in [3.63, 3.8) is 0 Å². The number of ether oxygens (including phenoxy) is 1. The third kappa shape index (κ3) is 3.20. The summed E-state index contributed by atoms with van der Waals surface area (Å²) in [5.74, 6) is 0.949. The summed E-state index contributed by atoms with van der Waals surface area (Å²) in [6.45, 7) is 4.12. The van der Waals surface area contributed by atoms with E-state index in [1.807, 2.05) is 31.2 Å². The third-order valence-electron chi connectivity index (χ3n) is 2.78. The number of hydrogen-bond donors (Lipinski definition) is 2. The van der Waals surface area contributed by atoms with E-state index in [4.69, 9.17) is 4.74 Å². The minimum atomic E-state index is 0.0328. The summed E-state index contributed by atoms with van der Waals surface area (Å²) in [4.78, 5) is 11.5. The molecule has 1 saturated heterocycles. The van der Waals surface area contributed by atoms with Crippen molar-refractivity contribution in [3.05, 3.63) is 29.8 Å². The average Bonchev–Trinajstić information content (AvgIpc) is 2.55. The van der Waals surface area contributed by atoms with E-state index in [1.54, 1.807) is 0 Å². The van der Waals surface area contributed by atoms with Crippen molar-refractivity contribution >= 4 is 5.91 Å². The number of benzene rings is 1. The van der Waals surface area contributed by atoms with E-state index in [9.17, 15) is 4.79 Å². The molecule has 92 valence electrons. The monoisotopic (exact) mass is 234 g/mol. The van der Waals surface area contributed by atoms with Crippen LogP contribution in [-0.4, -0.2) is 25.6 Å². The molecule has 1 unspecified atom stereocenters. The van der Waals surface area contributed by atoms with Gasteiger partial charge in [-0.1, -0.05) is 12.1 Å². The van der Waals surface area contributed by atoms with E-state index in [-0.39, 0.29) is 11.9 Å². The summed E-state index contributed by atoms with van der Waals surface area (Å²) in [6, 6.07) is 7.92. The van der Waals surface area contributed by atoms with Crippen LogP contribution < -0.4 is 15.4 Å². The number of carbonyl (C=O) groups excluding carboxylic acids is 1. The van der Waals surface area contributed by atoms with Crippen molar-refractivity contribution < 1.29 is 9.53 Å². The molecule has 1 atom stereocenters. The SMILES string of the molecule is CCOc1cccc(C2CNCCC(=O)N2)c1. The Labute approximate surface area is 101 Å². The molecule has 0 spiro atoms. The second kappa shape index (κ2) is 5.68. The predicted octanol–water partition coefficient (Wildman–Crippen LogP) is 1.24. The molecule has 1 amide bonds. The highest BCUT2D eigenvalue weighted by molar-refractivity contribution is 5.77. The lowest BCUT2D eigenvalue weighted by Gasteiger charge is -2.17. The Hall–Kier alpha value is -1.55. The number of rotatable bonds is 3. The van der Waals surface area contributed by atoms with Crippen LogP contribution in [-0.2, 0) is 4.79 Å². The van der Waals surface area contributed by atoms with Gasteiger partial charge in [-0.05, 0) is 24.6 Å². The lowest BCUT2D eigenvalue weighted by molar-refractivity contribution is -0.121. The number of hydrogen-bond acceptors (Lipinski definition) is 3. The Kier molecular flexibility index (Phi) is 3.98. The summed E-state index contributed by atoms with van der Waals surface area (Å²) in [5, 5.41) is 6.26. The van der Waals surface area contributed by atoms with Crippen molar-refractivity contribution in [1.82, 2.24) is 10.6 Å². The van der Waals surface area contributed by atoms with Crippen LogP contribution in [0.4, 0.5) is 0 Å². The predicted molar refractivity (Wildman–Crippen MR) is 66.0 cm³/mol. The molecule has 1 aromatic carbocycles. The van der Waals surface area contributed by atoms with Crippen LogP contribution >= 0.6 is 0 Å². The molecule has 1 fully saturated rings. The second-order valence-electron chi connectivity index (χ2n) is 4.08. The average molecular weight is 234 g/mol. The maximum atomic E-state index is 11.5. The minimum absolute atomic E-state index is 0.0328. The van der Waals surface area contributed by atoms with E-state index in [1.165, 1.54) is 0 Å². The number of carbonyl (C=O) groups is 1. The lowest BCUT2D eigenvalue weighted by atomic mass is 10.1. The van der Waals surface area contributed by atoms with Crippen LogP contribution in [0.2, 0.25) is 0 Å². The molecule has 0 saturated carbocycles. The van der Waals surface area contributed by atoms with Crippen LogP contribution in [0.1, 0.15) is 24.9 Å². The summed E-state index contributed by atoms with van der Waals surface area (Å²) < 4.78 is 5.46. The highest BCUT2D eigenvalue weighted by Crippen LogP contribution is 2.20. The molecule has 1 aliphatic heterocycles. The maximum Gasteiger partial charge on any atom is 0.221 e. The summed E-state index contributed by atoms with van der Waals surface area (Å²) in [7, 11) is 0. The molecular weight excluding hydrogens is 216 g/mol. The van der Waals surface area contributed by atoms with Crippen molar-refractivity contribution in [2.75, 3.05) is 19.7 Å². The summed E-state index contributed by atoms with van der Waals surface area (Å²) in [5.41, 5.74) is 1.08. The first kappa shape index (κ1) is 11.9. The molecule has 4 heteroatoms. The number of amides is 1. The Morgan fingerprint density at radius 1 is 1.47 bits per heavy atom. The van der Waals surface area contributed by atoms with E-state index in [0.717, 1.165) is 24.4 Å². The largest absolute Gasteiger partial charge is 0.494 e. The zero-order valence-electron chi connectivity index (χ0n) is 10.0. The minimum Gasteiger partial charge on any atom is -0.494 e. The van der Waals surface area contributed by atoms with Gasteiger partial charge in [0.05, 0.1) is 12.6 Å². The second-order valence-corrected chi connectivity index (χ2v) is 4.08. The van der Waals surface area contributed by atoms with Gasteiger partial charge < -0.3 is 15.4 Å². The lowest BCUT2D eigenvalue weighted by Crippen LogP contribution is -2.30. The van der Waals surface area contributed by atoms with Gasteiger partial charge in [-0.25, -0.2) is 0 Å². The quantitative estimate of drug-likeness (QED) is 0.827. The fourth-order valence-electron chi connectivity index (χ4n) is 1.95. The first-order chi connectivity index (χ1) is 8.29. The van der Waals surface area contributed by atoms with Crippen molar-refractivity contribution in [1.29, 1.82) is 0 Å². The fourth-order valence-corrected chi connectivity index (χ4v) is 1.95. The Bertz CT molecular complexity index is 393. The molecular formula is C13H18N2O2. The third-order valence-corrected chi connectivity index (χ3v) is 2.78. The molecule has 2 N–H and O–H groups in total. The van der Waals surface area contributed by atoms with Crippen LogP contribution in [0.3, 0.4) is 0 Å². The number of nitrogens with one attached hydrogen (secondary N) is 2. The molecule has 4 nitrogen and oxygen atoms in total. The van der Waals surface area contributed by atoms with E-state index in [0.29, 0.717) is 13.0 Å². The van der Waals surface area contributed by atoms with Crippen LogP contribution in [0.5, 0.6) is 5.75 Å². The maximum absolute atomic E-state index is 11.5. The zero-order valence-corrected chi connectivity index (χ0v) is 10.0. The van der Waals surface area contributed by atoms with E-state index < -0.39 is 0 Å². The van der Waals surface area contributed by atoms with Crippen LogP contribution in [0, 0.1) is 0 Å². The van der Waals surface area contributed by atoms with Gasteiger partial charge in [-0.15, -0.1) is 0 Å². The first-order valence-corrected chi connectivity index (χ1v) is 6.02. The highest BCUT2D eigenvalue weighted by Gasteiger charge is 2.17. The first-order valence-electron chi connectivity index (χ1n) is 6.02. The summed E-state index contributed by atoms with van der Waals surface area (Å²) in [6.07, 6.45) is 0.543. The topological polar surface area (TPSA) is 50.4 Å². The van der Waals surface area contributed by atoms with Gasteiger partial charge in [0, 0.05) is 19.5 Å². The Morgan fingerprint density at radius 2 is 2.35 bits per heavy atom. The highest BCUT2D eigenvalue weighted by atomic mass is 16.5. The Balaban J connectivity index is 2.14. The zero-order chi connectivity index (χ0) is 12.1. The molecule has 2 rings (SSSR count). The van der Waals surface area contributed by atoms with Gasteiger partial charge in [0.15, 0.2) is 0 Å². The molecule has 1 heterocycles. The normalized spacial score (nSPS) is 20.5. The van der Waals surface area contributed by atoms with Gasteiger partial charge in [0.1, 0.15) is 5.75 Å². The molecule has 1 aromatic rings. The smallest absolute Gasteiger partial charge is 0.221 e. The van der Waals surface area contributed by atoms with Crippen molar-refractivity contribution in [2.45, 2.75) is 19.4 Å². The standard InChI is InChI=1S/C13H18N2O2/c1-2-17-11-5-3-4-10(8-11)12-9-14-7-6-13(16)15-12/h3-5,8,12,14H,2,6-7,9H2,1H3,(H,15,16). The Morgan fingerprint density at radius 3 is 3.18 bits per heavy atom. The van der Waals surface area contributed by atoms with Crippen LogP contribution in [0.15, 0.2) is 24.3 Å². The molecule has 0 bridgehead atoms. The van der Waals surface area contributed by atoms with E-state index >= 15 is 0 Å². The van der Waals surface area contributed by atoms with Crippen molar-refractivity contribution in [2.24, 2.45) is 0 Å². The molecule has 0 radical (unpaired) electrons. The van der Waals surface area contributed by atoms with Crippen molar-refractivity contribution in [3.8, 4) is 5.75 Å². The molecule has 1 aliphatic rings.